The van der Waals surface area contributed by atoms with Crippen LogP contribution in [0.5, 0.6) is 0 Å². The first-order chi connectivity index (χ1) is 19.2. The third kappa shape index (κ3) is 5.01. The average molecular weight is 578 g/mol. The second kappa shape index (κ2) is 11.1. The Hall–Kier alpha value is -3.36. The zero-order valence-electron chi connectivity index (χ0n) is 24.1. The molecule has 41 heavy (non-hydrogen) atoms. The van der Waals surface area contributed by atoms with Crippen molar-refractivity contribution in [2.45, 2.75) is 83.1 Å². The van der Waals surface area contributed by atoms with Crippen LogP contribution in [0.4, 0.5) is 0 Å². The SMILES string of the molecule is CN[C@@H](C)C(=O)N[C@H]1Cc2c([nH]c3ccccc23)[C@H]2CC(C)(C)[C@H](C(=O)N[C@@H]3CCCc4ccccc43)N2C1=O.Cl. The van der Waals surface area contributed by atoms with Crippen molar-refractivity contribution in [2.24, 2.45) is 5.41 Å². The number of amides is 3. The molecule has 0 radical (unpaired) electrons. The van der Waals surface area contributed by atoms with E-state index in [0.29, 0.717) is 12.8 Å². The molecule has 6 rings (SSSR count). The van der Waals surface area contributed by atoms with Gasteiger partial charge >= 0.3 is 0 Å². The summed E-state index contributed by atoms with van der Waals surface area (Å²) in [7, 11) is 1.72. The fraction of sp³-hybridized carbons (Fsp3) is 0.469. The number of nitrogens with zero attached hydrogens (tertiary/aromatic N) is 1. The molecule has 1 fully saturated rings. The number of para-hydroxylation sites is 1. The van der Waals surface area contributed by atoms with Crippen molar-refractivity contribution in [2.75, 3.05) is 7.05 Å². The van der Waals surface area contributed by atoms with Crippen LogP contribution in [-0.2, 0) is 27.2 Å². The maximum absolute atomic E-state index is 14.4. The van der Waals surface area contributed by atoms with E-state index in [4.69, 9.17) is 0 Å². The van der Waals surface area contributed by atoms with Gasteiger partial charge in [-0.1, -0.05) is 56.3 Å². The van der Waals surface area contributed by atoms with Crippen LogP contribution in [-0.4, -0.2) is 52.8 Å². The smallest absolute Gasteiger partial charge is 0.246 e. The normalized spacial score (nSPS) is 25.3. The van der Waals surface area contributed by atoms with Gasteiger partial charge in [-0.15, -0.1) is 12.4 Å². The molecule has 0 saturated carbocycles. The highest BCUT2D eigenvalue weighted by molar-refractivity contribution is 5.96. The van der Waals surface area contributed by atoms with Crippen molar-refractivity contribution in [3.05, 3.63) is 70.9 Å². The number of nitrogens with one attached hydrogen (secondary N) is 4. The number of fused-ring (bicyclic) bond motifs is 6. The number of H-pyrrole nitrogens is 1. The molecule has 5 atom stereocenters. The summed E-state index contributed by atoms with van der Waals surface area (Å²) >= 11 is 0. The second-order valence-corrected chi connectivity index (χ2v) is 12.3. The van der Waals surface area contributed by atoms with E-state index in [2.05, 4.69) is 53.0 Å². The van der Waals surface area contributed by atoms with Crippen molar-refractivity contribution >= 4 is 41.0 Å². The van der Waals surface area contributed by atoms with Gasteiger partial charge in [0.2, 0.25) is 17.7 Å². The largest absolute Gasteiger partial charge is 0.356 e. The van der Waals surface area contributed by atoms with E-state index >= 15 is 0 Å². The molecule has 1 saturated heterocycles. The van der Waals surface area contributed by atoms with Gasteiger partial charge in [-0.25, -0.2) is 0 Å². The van der Waals surface area contributed by atoms with Crippen LogP contribution in [0, 0.1) is 5.41 Å². The van der Waals surface area contributed by atoms with Gasteiger partial charge in [0.15, 0.2) is 0 Å². The van der Waals surface area contributed by atoms with Crippen molar-refractivity contribution in [3.8, 4) is 0 Å². The Labute approximate surface area is 247 Å². The highest BCUT2D eigenvalue weighted by atomic mass is 35.5. The van der Waals surface area contributed by atoms with Crippen LogP contribution < -0.4 is 16.0 Å². The number of aromatic nitrogens is 1. The predicted molar refractivity (Wildman–Crippen MR) is 162 cm³/mol. The molecule has 3 amide bonds. The molecule has 0 bridgehead atoms. The van der Waals surface area contributed by atoms with Gasteiger partial charge in [0.1, 0.15) is 12.1 Å². The molecule has 9 heteroatoms. The minimum absolute atomic E-state index is 0. The lowest BCUT2D eigenvalue weighted by Crippen LogP contribution is -2.58. The molecule has 3 aliphatic rings. The second-order valence-electron chi connectivity index (χ2n) is 12.3. The molecule has 2 aromatic carbocycles. The molecule has 4 N–H and O–H groups in total. The van der Waals surface area contributed by atoms with Crippen molar-refractivity contribution in [3.63, 3.8) is 0 Å². The van der Waals surface area contributed by atoms with E-state index in [1.807, 2.05) is 30.3 Å². The van der Waals surface area contributed by atoms with Crippen molar-refractivity contribution < 1.29 is 14.4 Å². The number of hydrogen-bond donors (Lipinski definition) is 4. The molecule has 2 aliphatic heterocycles. The summed E-state index contributed by atoms with van der Waals surface area (Å²) in [6, 6.07) is 14.1. The summed E-state index contributed by atoms with van der Waals surface area (Å²) < 4.78 is 0. The van der Waals surface area contributed by atoms with Crippen molar-refractivity contribution in [1.29, 1.82) is 0 Å². The number of hydrogen-bond acceptors (Lipinski definition) is 4. The van der Waals surface area contributed by atoms with Gasteiger partial charge < -0.3 is 25.8 Å². The number of aryl methyl sites for hydroxylation is 1. The maximum Gasteiger partial charge on any atom is 0.246 e. The fourth-order valence-corrected chi connectivity index (χ4v) is 7.16. The number of carbonyl (C=O) groups excluding carboxylic acids is 3. The Morgan fingerprint density at radius 3 is 2.56 bits per heavy atom. The first-order valence-corrected chi connectivity index (χ1v) is 14.5. The number of halogens is 1. The summed E-state index contributed by atoms with van der Waals surface area (Å²) in [5.41, 5.74) is 4.98. The summed E-state index contributed by atoms with van der Waals surface area (Å²) in [6.45, 7) is 5.92. The highest BCUT2D eigenvalue weighted by Gasteiger charge is 2.56. The van der Waals surface area contributed by atoms with Crippen LogP contribution in [0.1, 0.15) is 74.5 Å². The summed E-state index contributed by atoms with van der Waals surface area (Å²) in [5.74, 6) is -0.570. The minimum atomic E-state index is -0.772. The predicted octanol–water partition coefficient (Wildman–Crippen LogP) is 4.10. The standard InChI is InChI=1S/C32H39N5O3.ClH/c1-18(33-4)29(38)36-25-16-22-21-13-7-8-14-24(21)34-27(22)26-17-32(2,3)28(37(26)31(25)40)30(39)35-23-15-9-11-19-10-5-6-12-20(19)23;/h5-8,10,12-14,18,23,25-26,28,33-34H,9,11,15-17H2,1-4H3,(H,35,39)(H,36,38);1H/t18-,23+,25-,26+,28-;/m0./s1. The van der Waals surface area contributed by atoms with Gasteiger partial charge in [-0.05, 0) is 67.8 Å². The van der Waals surface area contributed by atoms with E-state index in [0.717, 1.165) is 41.4 Å². The Morgan fingerprint density at radius 2 is 1.78 bits per heavy atom. The molecule has 218 valence electrons. The quantitative estimate of drug-likeness (QED) is 0.366. The first-order valence-electron chi connectivity index (χ1n) is 14.5. The lowest BCUT2D eigenvalue weighted by atomic mass is 9.81. The van der Waals surface area contributed by atoms with E-state index in [-0.39, 0.29) is 42.2 Å². The summed E-state index contributed by atoms with van der Waals surface area (Å²) in [4.78, 5) is 46.9. The van der Waals surface area contributed by atoms with E-state index < -0.39 is 23.5 Å². The number of benzene rings is 2. The minimum Gasteiger partial charge on any atom is -0.356 e. The zero-order valence-corrected chi connectivity index (χ0v) is 24.9. The molecule has 1 aliphatic carbocycles. The number of likely N-dealkylation sites (N-methyl/N-ethyl adjacent to an activating group) is 1. The third-order valence-electron chi connectivity index (χ3n) is 9.29. The van der Waals surface area contributed by atoms with Gasteiger partial charge in [-0.3, -0.25) is 14.4 Å². The van der Waals surface area contributed by atoms with Crippen LogP contribution in [0.25, 0.3) is 10.9 Å². The number of rotatable bonds is 5. The van der Waals surface area contributed by atoms with Gasteiger partial charge in [0.05, 0.1) is 18.1 Å². The van der Waals surface area contributed by atoms with Crippen LogP contribution in [0.15, 0.2) is 48.5 Å². The molecule has 3 heterocycles. The number of aromatic amines is 1. The van der Waals surface area contributed by atoms with Gasteiger partial charge in [-0.2, -0.15) is 0 Å². The summed E-state index contributed by atoms with van der Waals surface area (Å²) in [6.07, 6.45) is 3.92. The topological polar surface area (TPSA) is 106 Å². The van der Waals surface area contributed by atoms with Crippen LogP contribution >= 0.6 is 12.4 Å². The van der Waals surface area contributed by atoms with Gasteiger partial charge in [0, 0.05) is 23.0 Å². The molecule has 0 unspecified atom stereocenters. The lowest BCUT2D eigenvalue weighted by molar-refractivity contribution is -0.145. The van der Waals surface area contributed by atoms with Crippen LogP contribution in [0.2, 0.25) is 0 Å². The maximum atomic E-state index is 14.4. The lowest BCUT2D eigenvalue weighted by Gasteiger charge is -2.36. The molecular formula is C32H40ClN5O3. The molecule has 1 aromatic heterocycles. The summed E-state index contributed by atoms with van der Waals surface area (Å²) in [5, 5.41) is 10.4. The highest BCUT2D eigenvalue weighted by Crippen LogP contribution is 2.51. The molecule has 0 spiro atoms. The van der Waals surface area contributed by atoms with E-state index in [1.165, 1.54) is 11.1 Å². The monoisotopic (exact) mass is 577 g/mol. The molecule has 8 nitrogen and oxygen atoms in total. The molecule has 3 aromatic rings. The Balaban J connectivity index is 0.00000337. The Morgan fingerprint density at radius 1 is 1.05 bits per heavy atom. The first kappa shape index (κ1) is 29.1. The van der Waals surface area contributed by atoms with Crippen molar-refractivity contribution in [1.82, 2.24) is 25.8 Å². The molecular weight excluding hydrogens is 538 g/mol. The average Bonchev–Trinajstić information content (AvgIpc) is 3.42. The fourth-order valence-electron chi connectivity index (χ4n) is 7.16. The Bertz CT molecular complexity index is 1480. The van der Waals surface area contributed by atoms with Gasteiger partial charge in [0.25, 0.3) is 0 Å². The van der Waals surface area contributed by atoms with Crippen LogP contribution in [0.3, 0.4) is 0 Å². The Kier molecular flexibility index (Phi) is 7.92. The zero-order chi connectivity index (χ0) is 28.2. The van der Waals surface area contributed by atoms with E-state index in [9.17, 15) is 14.4 Å². The number of carbonyl (C=O) groups is 3. The van der Waals surface area contributed by atoms with E-state index in [1.54, 1.807) is 18.9 Å². The third-order valence-corrected chi connectivity index (χ3v) is 9.29.